The van der Waals surface area contributed by atoms with Crippen molar-refractivity contribution in [1.29, 1.82) is 0 Å². The number of alkyl halides is 3. The van der Waals surface area contributed by atoms with Crippen LogP contribution >= 0.6 is 0 Å². The van der Waals surface area contributed by atoms with Gasteiger partial charge in [0.1, 0.15) is 17.3 Å². The average Bonchev–Trinajstić information content (AvgIpc) is 3.10. The van der Waals surface area contributed by atoms with Gasteiger partial charge in [-0.2, -0.15) is 0 Å². The molecule has 0 N–H and O–H groups in total. The molecule has 5 nitrogen and oxygen atoms in total. The number of nitrogens with zero attached hydrogens (tertiary/aromatic N) is 4. The van der Waals surface area contributed by atoms with Crippen LogP contribution in [0.4, 0.5) is 23.2 Å². The number of aromatic nitrogens is 3. The molecule has 1 aliphatic heterocycles. The summed E-state index contributed by atoms with van der Waals surface area (Å²) in [4.78, 5) is 1.88. The molecular weight excluding hydrogens is 388 g/mol. The fourth-order valence-corrected chi connectivity index (χ4v) is 3.22. The van der Waals surface area contributed by atoms with Crippen LogP contribution in [0.25, 0.3) is 5.57 Å². The van der Waals surface area contributed by atoms with Crippen LogP contribution in [0.1, 0.15) is 23.9 Å². The van der Waals surface area contributed by atoms with Crippen molar-refractivity contribution in [1.82, 2.24) is 15.0 Å². The highest BCUT2D eigenvalue weighted by Gasteiger charge is 2.31. The van der Waals surface area contributed by atoms with Crippen LogP contribution in [0.3, 0.4) is 0 Å². The van der Waals surface area contributed by atoms with Crippen LogP contribution in [0.15, 0.2) is 54.7 Å². The molecule has 0 amide bonds. The normalized spacial score (nSPS) is 13.8. The molecule has 0 unspecified atom stereocenters. The molecule has 0 aliphatic carbocycles. The third-order valence-electron chi connectivity index (χ3n) is 4.55. The summed E-state index contributed by atoms with van der Waals surface area (Å²) in [6.07, 6.45) is -2.90. The Kier molecular flexibility index (Phi) is 4.73. The lowest BCUT2D eigenvalue weighted by Gasteiger charge is -2.27. The number of hydrogen-bond donors (Lipinski definition) is 0. The van der Waals surface area contributed by atoms with Gasteiger partial charge in [-0.05, 0) is 48.9 Å². The van der Waals surface area contributed by atoms with Crippen molar-refractivity contribution in [2.24, 2.45) is 0 Å². The van der Waals surface area contributed by atoms with Crippen LogP contribution < -0.4 is 9.64 Å². The van der Waals surface area contributed by atoms with Crippen molar-refractivity contribution < 1.29 is 22.3 Å². The maximum absolute atomic E-state index is 13.4. The Bertz CT molecular complexity index is 1040. The maximum atomic E-state index is 13.4. The SMILES string of the molecule is CCn1nnc2c1CN(c1ccc(OC(F)(F)F)cc1)C=C2c1ccc(F)cc1. The van der Waals surface area contributed by atoms with Gasteiger partial charge >= 0.3 is 6.36 Å². The summed E-state index contributed by atoms with van der Waals surface area (Å²) in [7, 11) is 0. The first kappa shape index (κ1) is 19.0. The number of aryl methyl sites for hydroxylation is 1. The summed E-state index contributed by atoms with van der Waals surface area (Å²) >= 11 is 0. The molecule has 0 saturated carbocycles. The monoisotopic (exact) mass is 404 g/mol. The van der Waals surface area contributed by atoms with E-state index in [1.807, 2.05) is 18.0 Å². The van der Waals surface area contributed by atoms with Gasteiger partial charge in [-0.25, -0.2) is 9.07 Å². The highest BCUT2D eigenvalue weighted by atomic mass is 19.4. The fraction of sp³-hybridized carbons (Fsp3) is 0.200. The van der Waals surface area contributed by atoms with Crippen LogP contribution in [-0.2, 0) is 13.1 Å². The van der Waals surface area contributed by atoms with Crippen molar-refractivity contribution in [3.8, 4) is 5.75 Å². The average molecular weight is 404 g/mol. The molecule has 150 valence electrons. The Morgan fingerprint density at radius 1 is 1.03 bits per heavy atom. The third kappa shape index (κ3) is 3.94. The first-order chi connectivity index (χ1) is 13.8. The highest BCUT2D eigenvalue weighted by Crippen LogP contribution is 2.34. The largest absolute Gasteiger partial charge is 0.573 e. The van der Waals surface area contributed by atoms with E-state index in [1.165, 1.54) is 24.3 Å². The summed E-state index contributed by atoms with van der Waals surface area (Å²) < 4.78 is 56.2. The van der Waals surface area contributed by atoms with Crippen LogP contribution in [0.5, 0.6) is 5.75 Å². The first-order valence-electron chi connectivity index (χ1n) is 8.87. The van der Waals surface area contributed by atoms with Gasteiger partial charge in [0.25, 0.3) is 0 Å². The van der Waals surface area contributed by atoms with Gasteiger partial charge in [-0.15, -0.1) is 18.3 Å². The zero-order valence-corrected chi connectivity index (χ0v) is 15.3. The molecule has 2 aromatic carbocycles. The Labute approximate surface area is 163 Å². The van der Waals surface area contributed by atoms with Crippen molar-refractivity contribution in [3.63, 3.8) is 0 Å². The lowest BCUT2D eigenvalue weighted by atomic mass is 9.99. The number of rotatable bonds is 4. The molecule has 0 radical (unpaired) electrons. The number of anilines is 1. The molecule has 9 heteroatoms. The Morgan fingerprint density at radius 3 is 2.34 bits per heavy atom. The van der Waals surface area contributed by atoms with Crippen LogP contribution in [0, 0.1) is 5.82 Å². The third-order valence-corrected chi connectivity index (χ3v) is 4.55. The minimum absolute atomic E-state index is 0.290. The second kappa shape index (κ2) is 7.23. The molecule has 1 aromatic heterocycles. The van der Waals surface area contributed by atoms with E-state index in [0.29, 0.717) is 24.5 Å². The van der Waals surface area contributed by atoms with E-state index in [0.717, 1.165) is 16.8 Å². The van der Waals surface area contributed by atoms with E-state index >= 15 is 0 Å². The quantitative estimate of drug-likeness (QED) is 0.589. The molecule has 29 heavy (non-hydrogen) atoms. The standard InChI is InChI=1S/C20H16F4N4O/c1-2-28-18-12-27(15-7-9-16(10-8-15)29-20(22,23)24)11-17(19(18)25-26-28)13-3-5-14(21)6-4-13/h3-11H,2,12H2,1H3. The number of fused-ring (bicyclic) bond motifs is 1. The lowest BCUT2D eigenvalue weighted by molar-refractivity contribution is -0.274. The smallest absolute Gasteiger partial charge is 0.406 e. The van der Waals surface area contributed by atoms with E-state index in [2.05, 4.69) is 15.0 Å². The zero-order valence-electron chi connectivity index (χ0n) is 15.3. The second-order valence-electron chi connectivity index (χ2n) is 6.42. The van der Waals surface area contributed by atoms with E-state index < -0.39 is 6.36 Å². The van der Waals surface area contributed by atoms with E-state index in [-0.39, 0.29) is 11.6 Å². The van der Waals surface area contributed by atoms with Gasteiger partial charge in [0.2, 0.25) is 0 Å². The van der Waals surface area contributed by atoms with E-state index in [4.69, 9.17) is 0 Å². The molecular formula is C20H16F4N4O. The molecule has 0 bridgehead atoms. The molecule has 0 spiro atoms. The summed E-state index contributed by atoms with van der Waals surface area (Å²) in [5, 5.41) is 8.44. The van der Waals surface area contributed by atoms with Gasteiger partial charge in [0, 0.05) is 24.0 Å². The molecule has 1 aliphatic rings. The number of ether oxygens (including phenoxy) is 1. The fourth-order valence-electron chi connectivity index (χ4n) is 3.22. The predicted molar refractivity (Wildman–Crippen MR) is 98.5 cm³/mol. The molecule has 0 atom stereocenters. The topological polar surface area (TPSA) is 43.2 Å². The van der Waals surface area contributed by atoms with Crippen LogP contribution in [-0.4, -0.2) is 21.4 Å². The van der Waals surface area contributed by atoms with Crippen LogP contribution in [0.2, 0.25) is 0 Å². The Morgan fingerprint density at radius 2 is 1.72 bits per heavy atom. The summed E-state index contributed by atoms with van der Waals surface area (Å²) in [6, 6.07) is 11.7. The highest BCUT2D eigenvalue weighted by molar-refractivity contribution is 5.82. The molecule has 4 rings (SSSR count). The van der Waals surface area contributed by atoms with Gasteiger partial charge in [-0.1, -0.05) is 17.3 Å². The van der Waals surface area contributed by atoms with Crippen molar-refractivity contribution in [2.45, 2.75) is 26.4 Å². The molecule has 2 heterocycles. The van der Waals surface area contributed by atoms with Gasteiger partial charge in [0.05, 0.1) is 12.2 Å². The van der Waals surface area contributed by atoms with Crippen molar-refractivity contribution >= 4 is 11.3 Å². The van der Waals surface area contributed by atoms with Crippen molar-refractivity contribution in [3.05, 3.63) is 77.5 Å². The van der Waals surface area contributed by atoms with Gasteiger partial charge < -0.3 is 9.64 Å². The Hall–Kier alpha value is -3.36. The summed E-state index contributed by atoms with van der Waals surface area (Å²) in [5.41, 5.74) is 3.75. The minimum Gasteiger partial charge on any atom is -0.406 e. The summed E-state index contributed by atoms with van der Waals surface area (Å²) in [5.74, 6) is -0.637. The first-order valence-corrected chi connectivity index (χ1v) is 8.87. The summed E-state index contributed by atoms with van der Waals surface area (Å²) in [6.45, 7) is 3.00. The lowest BCUT2D eigenvalue weighted by Crippen LogP contribution is -2.23. The minimum atomic E-state index is -4.74. The zero-order chi connectivity index (χ0) is 20.6. The molecule has 0 fully saturated rings. The predicted octanol–water partition coefficient (Wildman–Crippen LogP) is 4.75. The van der Waals surface area contributed by atoms with E-state index in [9.17, 15) is 17.6 Å². The van der Waals surface area contributed by atoms with E-state index in [1.54, 1.807) is 28.9 Å². The van der Waals surface area contributed by atoms with Gasteiger partial charge in [0.15, 0.2) is 0 Å². The number of benzene rings is 2. The number of halogens is 4. The molecule has 3 aromatic rings. The Balaban J connectivity index is 1.72. The number of hydrogen-bond acceptors (Lipinski definition) is 4. The van der Waals surface area contributed by atoms with Crippen molar-refractivity contribution in [2.75, 3.05) is 4.90 Å². The maximum Gasteiger partial charge on any atom is 0.573 e. The second-order valence-corrected chi connectivity index (χ2v) is 6.42. The molecule has 0 saturated heterocycles. The van der Waals surface area contributed by atoms with Gasteiger partial charge in [-0.3, -0.25) is 0 Å².